The second-order valence-corrected chi connectivity index (χ2v) is 10.6. The molecule has 1 aromatic heterocycles. The van der Waals surface area contributed by atoms with Crippen molar-refractivity contribution in [1.29, 1.82) is 0 Å². The van der Waals surface area contributed by atoms with E-state index in [2.05, 4.69) is 43.2 Å². The zero-order valence-electron chi connectivity index (χ0n) is 23.3. The van der Waals surface area contributed by atoms with Gasteiger partial charge in [0.2, 0.25) is 11.8 Å². The first kappa shape index (κ1) is 30.1. The third-order valence-corrected chi connectivity index (χ3v) is 7.53. The summed E-state index contributed by atoms with van der Waals surface area (Å²) in [5.74, 6) is -0.467. The molecule has 4 rings (SSSR count). The van der Waals surface area contributed by atoms with Crippen LogP contribution >= 0.6 is 11.6 Å². The summed E-state index contributed by atoms with van der Waals surface area (Å²) in [4.78, 5) is 40.2. The Morgan fingerprint density at radius 3 is 2.71 bits per heavy atom. The van der Waals surface area contributed by atoms with Crippen molar-refractivity contribution in [1.82, 2.24) is 35.7 Å². The molecule has 0 spiro atoms. The van der Waals surface area contributed by atoms with Gasteiger partial charge in [-0.3, -0.25) is 19.3 Å². The van der Waals surface area contributed by atoms with Crippen LogP contribution in [-0.4, -0.2) is 74.7 Å². The predicted molar refractivity (Wildman–Crippen MR) is 153 cm³/mol. The number of hydrogen-bond donors (Lipinski definition) is 2. The molecule has 1 fully saturated rings. The smallest absolute Gasteiger partial charge is 0.307 e. The van der Waals surface area contributed by atoms with Crippen molar-refractivity contribution in [2.45, 2.75) is 64.1 Å². The van der Waals surface area contributed by atoms with Crippen LogP contribution in [0.5, 0.6) is 0 Å². The van der Waals surface area contributed by atoms with Crippen LogP contribution in [0.1, 0.15) is 56.6 Å². The second kappa shape index (κ2) is 14.7. The van der Waals surface area contributed by atoms with Gasteiger partial charge in [-0.1, -0.05) is 41.9 Å². The van der Waals surface area contributed by atoms with Gasteiger partial charge in [-0.15, -0.1) is 5.10 Å². The van der Waals surface area contributed by atoms with E-state index in [-0.39, 0.29) is 43.2 Å². The molecule has 2 N–H and O–H groups in total. The quantitative estimate of drug-likeness (QED) is 0.312. The summed E-state index contributed by atoms with van der Waals surface area (Å²) in [6.45, 7) is 5.26. The fourth-order valence-electron chi connectivity index (χ4n) is 5.21. The van der Waals surface area contributed by atoms with Gasteiger partial charge >= 0.3 is 5.97 Å². The lowest BCUT2D eigenvalue weighted by Gasteiger charge is -2.39. The molecule has 3 atom stereocenters. The topological polar surface area (TPSA) is 131 Å². The van der Waals surface area contributed by atoms with E-state index in [1.165, 1.54) is 16.6 Å². The van der Waals surface area contributed by atoms with Crippen LogP contribution in [0, 0.1) is 0 Å². The van der Waals surface area contributed by atoms with Gasteiger partial charge in [0.15, 0.2) is 0 Å². The molecule has 2 aromatic carbocycles. The number of ether oxygens (including phenoxy) is 1. The number of benzene rings is 2. The molecular formula is C29H36ClN7O4. The summed E-state index contributed by atoms with van der Waals surface area (Å²) in [5.41, 5.74) is 2.66. The van der Waals surface area contributed by atoms with Gasteiger partial charge < -0.3 is 15.4 Å². The van der Waals surface area contributed by atoms with Crippen LogP contribution in [0.4, 0.5) is 0 Å². The molecule has 2 heterocycles. The Bertz CT molecular complexity index is 1310. The SMILES string of the molecule is CCOC(=O)CCN1CC[C@H](c2ccccc2)C[C@@H]1CC(=O)N[C@@H](C)C(=O)NCc1cc(Cl)ccc1-n1cnnn1. The zero-order chi connectivity index (χ0) is 29.2. The Morgan fingerprint density at radius 1 is 1.17 bits per heavy atom. The number of amides is 2. The highest BCUT2D eigenvalue weighted by atomic mass is 35.5. The number of carbonyl (C=O) groups is 3. The molecule has 12 heteroatoms. The number of rotatable bonds is 12. The first-order valence-electron chi connectivity index (χ1n) is 13.9. The van der Waals surface area contributed by atoms with Crippen molar-refractivity contribution in [2.24, 2.45) is 0 Å². The largest absolute Gasteiger partial charge is 0.466 e. The molecule has 2 amide bonds. The summed E-state index contributed by atoms with van der Waals surface area (Å²) in [5, 5.41) is 17.5. The maximum absolute atomic E-state index is 13.1. The van der Waals surface area contributed by atoms with Crippen LogP contribution in [0.25, 0.3) is 5.69 Å². The van der Waals surface area contributed by atoms with Crippen molar-refractivity contribution < 1.29 is 19.1 Å². The molecule has 11 nitrogen and oxygen atoms in total. The minimum atomic E-state index is -0.750. The fourth-order valence-corrected chi connectivity index (χ4v) is 5.40. The number of aromatic nitrogens is 4. The molecule has 0 aliphatic carbocycles. The first-order valence-corrected chi connectivity index (χ1v) is 14.2. The van der Waals surface area contributed by atoms with Gasteiger partial charge in [0, 0.05) is 30.6 Å². The molecule has 3 aromatic rings. The summed E-state index contributed by atoms with van der Waals surface area (Å²) >= 11 is 6.17. The van der Waals surface area contributed by atoms with E-state index in [0.29, 0.717) is 29.8 Å². The van der Waals surface area contributed by atoms with Crippen LogP contribution in [0.2, 0.25) is 5.02 Å². The van der Waals surface area contributed by atoms with Crippen molar-refractivity contribution in [3.05, 3.63) is 71.0 Å². The molecule has 0 saturated carbocycles. The average molecular weight is 582 g/mol. The Labute approximate surface area is 244 Å². The van der Waals surface area contributed by atoms with Crippen LogP contribution in [-0.2, 0) is 25.7 Å². The monoisotopic (exact) mass is 581 g/mol. The molecule has 1 aliphatic rings. The third kappa shape index (κ3) is 8.58. The van der Waals surface area contributed by atoms with Gasteiger partial charge in [-0.05, 0) is 78.9 Å². The Balaban J connectivity index is 1.35. The van der Waals surface area contributed by atoms with Crippen LogP contribution < -0.4 is 10.6 Å². The van der Waals surface area contributed by atoms with Crippen molar-refractivity contribution >= 4 is 29.4 Å². The molecule has 218 valence electrons. The molecule has 1 aliphatic heterocycles. The van der Waals surface area contributed by atoms with Crippen molar-refractivity contribution in [3.8, 4) is 5.69 Å². The number of carbonyl (C=O) groups excluding carboxylic acids is 3. The Hall–Kier alpha value is -3.83. The highest BCUT2D eigenvalue weighted by Gasteiger charge is 2.31. The number of nitrogens with zero attached hydrogens (tertiary/aromatic N) is 5. The number of tetrazole rings is 1. The van der Waals surface area contributed by atoms with Crippen LogP contribution in [0.3, 0.4) is 0 Å². The standard InChI is InChI=1S/C29H36ClN7O4/c1-3-41-28(39)12-14-36-13-11-22(21-7-5-4-6-8-21)16-25(36)17-27(38)33-20(2)29(40)31-18-23-15-24(30)9-10-26(23)37-19-32-34-35-37/h4-10,15,19-20,22,25H,3,11-14,16-18H2,1-2H3,(H,31,40)(H,33,38)/t20-,22-,25+/m0/s1. The van der Waals surface area contributed by atoms with Gasteiger partial charge in [0.1, 0.15) is 12.4 Å². The zero-order valence-corrected chi connectivity index (χ0v) is 24.1. The lowest BCUT2D eigenvalue weighted by molar-refractivity contribution is -0.143. The maximum atomic E-state index is 13.1. The molecule has 41 heavy (non-hydrogen) atoms. The third-order valence-electron chi connectivity index (χ3n) is 7.30. The van der Waals surface area contributed by atoms with E-state index in [1.54, 1.807) is 32.0 Å². The summed E-state index contributed by atoms with van der Waals surface area (Å²) in [6, 6.07) is 14.7. The highest BCUT2D eigenvalue weighted by molar-refractivity contribution is 6.30. The molecule has 0 bridgehead atoms. The van der Waals surface area contributed by atoms with E-state index in [9.17, 15) is 14.4 Å². The van der Waals surface area contributed by atoms with Crippen molar-refractivity contribution in [2.75, 3.05) is 19.7 Å². The summed E-state index contributed by atoms with van der Waals surface area (Å²) in [7, 11) is 0. The number of esters is 1. The van der Waals surface area contributed by atoms with E-state index in [1.807, 2.05) is 18.2 Å². The fraction of sp³-hybridized carbons (Fsp3) is 0.448. The van der Waals surface area contributed by atoms with Gasteiger partial charge in [-0.2, -0.15) is 0 Å². The average Bonchev–Trinajstić information content (AvgIpc) is 3.50. The molecule has 0 radical (unpaired) electrons. The van der Waals surface area contributed by atoms with Gasteiger partial charge in [-0.25, -0.2) is 4.68 Å². The Kier molecular flexibility index (Phi) is 10.8. The van der Waals surface area contributed by atoms with E-state index in [0.717, 1.165) is 24.9 Å². The lowest BCUT2D eigenvalue weighted by Crippen LogP contribution is -2.49. The van der Waals surface area contributed by atoms with Gasteiger partial charge in [0.05, 0.1) is 18.7 Å². The molecule has 1 saturated heterocycles. The van der Waals surface area contributed by atoms with Crippen molar-refractivity contribution in [3.63, 3.8) is 0 Å². The Morgan fingerprint density at radius 2 is 1.98 bits per heavy atom. The minimum Gasteiger partial charge on any atom is -0.466 e. The maximum Gasteiger partial charge on any atom is 0.307 e. The highest BCUT2D eigenvalue weighted by Crippen LogP contribution is 2.33. The van der Waals surface area contributed by atoms with Crippen LogP contribution in [0.15, 0.2) is 54.9 Å². The summed E-state index contributed by atoms with van der Waals surface area (Å²) in [6.07, 6.45) is 3.69. The van der Waals surface area contributed by atoms with E-state index in [4.69, 9.17) is 16.3 Å². The minimum absolute atomic E-state index is 0.0658. The number of nitrogens with one attached hydrogen (secondary N) is 2. The predicted octanol–water partition coefficient (Wildman–Crippen LogP) is 3.03. The second-order valence-electron chi connectivity index (χ2n) is 10.1. The summed E-state index contributed by atoms with van der Waals surface area (Å²) < 4.78 is 6.59. The van der Waals surface area contributed by atoms with E-state index < -0.39 is 6.04 Å². The number of halogens is 1. The number of likely N-dealkylation sites (tertiary alicyclic amines) is 1. The first-order chi connectivity index (χ1) is 19.8. The lowest BCUT2D eigenvalue weighted by atomic mass is 9.84. The molecule has 0 unspecified atom stereocenters. The van der Waals surface area contributed by atoms with E-state index >= 15 is 0 Å². The molecular weight excluding hydrogens is 546 g/mol. The van der Waals surface area contributed by atoms with Gasteiger partial charge in [0.25, 0.3) is 0 Å². The number of piperidine rings is 1. The normalized spacial score (nSPS) is 17.9. The number of hydrogen-bond acceptors (Lipinski definition) is 8.